The largest absolute Gasteiger partial charge is 0.489 e. The lowest BCUT2D eigenvalue weighted by molar-refractivity contribution is -0.136. The Hall–Kier alpha value is -2.81. The van der Waals surface area contributed by atoms with Gasteiger partial charge in [-0.15, -0.1) is 0 Å². The third kappa shape index (κ3) is 7.07. The highest BCUT2D eigenvalue weighted by Gasteiger charge is 2.16. The second-order valence-corrected chi connectivity index (χ2v) is 6.25. The molecule has 28 heavy (non-hydrogen) atoms. The average molecular weight is 381 g/mol. The Morgan fingerprint density at radius 3 is 2.46 bits per heavy atom. The molecule has 2 aromatic carbocycles. The molecule has 1 unspecified atom stereocenters. The molecule has 0 saturated heterocycles. The van der Waals surface area contributed by atoms with Crippen molar-refractivity contribution in [2.45, 2.75) is 19.6 Å². The van der Waals surface area contributed by atoms with Gasteiger partial charge in [-0.2, -0.15) is 0 Å². The summed E-state index contributed by atoms with van der Waals surface area (Å²) < 4.78 is 16.0. The molecule has 0 aliphatic carbocycles. The zero-order chi connectivity index (χ0) is 20.2. The zero-order valence-electron chi connectivity index (χ0n) is 16.7. The topological polar surface area (TPSA) is 48.0 Å². The smallest absolute Gasteiger partial charge is 0.384 e. The highest BCUT2D eigenvalue weighted by atomic mass is 16.5. The third-order valence-electron chi connectivity index (χ3n) is 4.16. The fourth-order valence-electron chi connectivity index (χ4n) is 2.68. The van der Waals surface area contributed by atoms with Gasteiger partial charge in [-0.3, -0.25) is 4.90 Å². The number of benzene rings is 2. The van der Waals surface area contributed by atoms with Crippen LogP contribution in [0.15, 0.2) is 54.6 Å². The molecular formula is C23H27NO4. The maximum atomic E-state index is 11.3. The van der Waals surface area contributed by atoms with Gasteiger partial charge in [0.05, 0.1) is 25.8 Å². The summed E-state index contributed by atoms with van der Waals surface area (Å²) in [5, 5.41) is 0. The molecule has 0 aliphatic rings. The summed E-state index contributed by atoms with van der Waals surface area (Å²) in [4.78, 5) is 13.4. The van der Waals surface area contributed by atoms with Crippen LogP contribution in [-0.2, 0) is 20.9 Å². The monoisotopic (exact) mass is 381 g/mol. The molecule has 2 rings (SSSR count). The fraction of sp³-hybridized carbons (Fsp3) is 0.348. The lowest BCUT2D eigenvalue weighted by Crippen LogP contribution is -2.28. The van der Waals surface area contributed by atoms with Crippen molar-refractivity contribution in [1.29, 1.82) is 0 Å². The minimum Gasteiger partial charge on any atom is -0.489 e. The van der Waals surface area contributed by atoms with Crippen LogP contribution < -0.4 is 4.74 Å². The normalized spacial score (nSPS) is 11.4. The Bertz CT molecular complexity index is 778. The first kappa shape index (κ1) is 21.5. The second kappa shape index (κ2) is 11.8. The number of carbonyl (C=O) groups is 1. The van der Waals surface area contributed by atoms with Crippen LogP contribution in [0.1, 0.15) is 24.1 Å². The summed E-state index contributed by atoms with van der Waals surface area (Å²) in [6, 6.07) is 18.0. The van der Waals surface area contributed by atoms with Crippen LogP contribution in [-0.4, -0.2) is 44.8 Å². The molecular weight excluding hydrogens is 354 g/mol. The molecule has 0 aromatic heterocycles. The van der Waals surface area contributed by atoms with Crippen molar-refractivity contribution in [3.63, 3.8) is 0 Å². The maximum absolute atomic E-state index is 11.3. The molecule has 0 fully saturated rings. The number of rotatable bonds is 9. The van der Waals surface area contributed by atoms with Crippen LogP contribution in [0.4, 0.5) is 0 Å². The van der Waals surface area contributed by atoms with Crippen LogP contribution in [0, 0.1) is 11.8 Å². The summed E-state index contributed by atoms with van der Waals surface area (Å²) in [6.45, 7) is 3.56. The van der Waals surface area contributed by atoms with E-state index in [0.29, 0.717) is 26.4 Å². The van der Waals surface area contributed by atoms with Crippen LogP contribution >= 0.6 is 0 Å². The SMILES string of the molecule is CCOC(=O)C#CCN(C)C(COC)c1ccc(OCc2ccccc2)cc1. The first-order chi connectivity index (χ1) is 13.6. The first-order valence-corrected chi connectivity index (χ1v) is 9.25. The number of carbonyl (C=O) groups excluding carboxylic acids is 1. The van der Waals surface area contributed by atoms with Gasteiger partial charge in [0.25, 0.3) is 0 Å². The van der Waals surface area contributed by atoms with Gasteiger partial charge < -0.3 is 14.2 Å². The molecule has 0 radical (unpaired) electrons. The van der Waals surface area contributed by atoms with E-state index >= 15 is 0 Å². The van der Waals surface area contributed by atoms with Crippen molar-refractivity contribution in [3.05, 3.63) is 65.7 Å². The van der Waals surface area contributed by atoms with Crippen LogP contribution in [0.25, 0.3) is 0 Å². The summed E-state index contributed by atoms with van der Waals surface area (Å²) >= 11 is 0. The number of esters is 1. The molecule has 0 aliphatic heterocycles. The van der Waals surface area contributed by atoms with E-state index in [2.05, 4.69) is 11.8 Å². The average Bonchev–Trinajstić information content (AvgIpc) is 2.72. The van der Waals surface area contributed by atoms with E-state index in [9.17, 15) is 4.79 Å². The molecule has 0 bridgehead atoms. The highest BCUT2D eigenvalue weighted by Crippen LogP contribution is 2.23. The Balaban J connectivity index is 1.97. The lowest BCUT2D eigenvalue weighted by Gasteiger charge is -2.26. The van der Waals surface area contributed by atoms with E-state index < -0.39 is 5.97 Å². The Morgan fingerprint density at radius 1 is 1.11 bits per heavy atom. The standard InChI is InChI=1S/C23H27NO4/c1-4-27-23(25)11-8-16-24(2)22(18-26-3)20-12-14-21(15-13-20)28-17-19-9-6-5-7-10-19/h5-7,9-10,12-15,22H,4,16-18H2,1-3H3. The van der Waals surface area contributed by atoms with E-state index in [1.165, 1.54) is 0 Å². The number of hydrogen-bond donors (Lipinski definition) is 0. The van der Waals surface area contributed by atoms with E-state index in [0.717, 1.165) is 16.9 Å². The van der Waals surface area contributed by atoms with Crippen LogP contribution in [0.5, 0.6) is 5.75 Å². The summed E-state index contributed by atoms with van der Waals surface area (Å²) in [5.74, 6) is 5.65. The maximum Gasteiger partial charge on any atom is 0.384 e. The third-order valence-corrected chi connectivity index (χ3v) is 4.16. The molecule has 2 aromatic rings. The van der Waals surface area contributed by atoms with E-state index in [1.54, 1.807) is 14.0 Å². The molecule has 5 heteroatoms. The van der Waals surface area contributed by atoms with Crippen molar-refractivity contribution in [1.82, 2.24) is 4.90 Å². The molecule has 1 atom stereocenters. The van der Waals surface area contributed by atoms with Gasteiger partial charge in [-0.1, -0.05) is 48.4 Å². The van der Waals surface area contributed by atoms with Gasteiger partial charge >= 0.3 is 5.97 Å². The predicted octanol–water partition coefficient (Wildman–Crippen LogP) is 3.45. The minimum atomic E-state index is -0.501. The summed E-state index contributed by atoms with van der Waals surface area (Å²) in [6.07, 6.45) is 0. The second-order valence-electron chi connectivity index (χ2n) is 6.25. The first-order valence-electron chi connectivity index (χ1n) is 9.25. The van der Waals surface area contributed by atoms with Gasteiger partial charge in [0, 0.05) is 13.0 Å². The Labute approximate surface area is 167 Å². The summed E-state index contributed by atoms with van der Waals surface area (Å²) in [5.41, 5.74) is 2.22. The van der Waals surface area contributed by atoms with Crippen molar-refractivity contribution in [2.24, 2.45) is 0 Å². The van der Waals surface area contributed by atoms with Gasteiger partial charge in [0.15, 0.2) is 0 Å². The van der Waals surface area contributed by atoms with Gasteiger partial charge in [0.1, 0.15) is 12.4 Å². The molecule has 0 spiro atoms. The van der Waals surface area contributed by atoms with Crippen molar-refractivity contribution in [3.8, 4) is 17.6 Å². The number of likely N-dealkylation sites (N-methyl/N-ethyl adjacent to an activating group) is 1. The van der Waals surface area contributed by atoms with E-state index in [-0.39, 0.29) is 6.04 Å². The molecule has 0 saturated carbocycles. The van der Waals surface area contributed by atoms with Crippen molar-refractivity contribution < 1.29 is 19.0 Å². The van der Waals surface area contributed by atoms with Crippen molar-refractivity contribution >= 4 is 5.97 Å². The molecule has 0 heterocycles. The van der Waals surface area contributed by atoms with Crippen molar-refractivity contribution in [2.75, 3.05) is 33.9 Å². The highest BCUT2D eigenvalue weighted by molar-refractivity contribution is 5.88. The molecule has 5 nitrogen and oxygen atoms in total. The number of hydrogen-bond acceptors (Lipinski definition) is 5. The van der Waals surface area contributed by atoms with E-state index in [4.69, 9.17) is 14.2 Å². The Kier molecular flexibility index (Phi) is 9.06. The summed E-state index contributed by atoms with van der Waals surface area (Å²) in [7, 11) is 3.62. The predicted molar refractivity (Wildman–Crippen MR) is 109 cm³/mol. The minimum absolute atomic E-state index is 0.0182. The fourth-order valence-corrected chi connectivity index (χ4v) is 2.68. The number of methoxy groups -OCH3 is 1. The van der Waals surface area contributed by atoms with Crippen LogP contribution in [0.3, 0.4) is 0 Å². The van der Waals surface area contributed by atoms with E-state index in [1.807, 2.05) is 66.5 Å². The lowest BCUT2D eigenvalue weighted by atomic mass is 10.1. The van der Waals surface area contributed by atoms with Gasteiger partial charge in [-0.05, 0) is 37.2 Å². The number of ether oxygens (including phenoxy) is 3. The zero-order valence-corrected chi connectivity index (χ0v) is 16.7. The van der Waals surface area contributed by atoms with Gasteiger partial charge in [0.2, 0.25) is 0 Å². The quantitative estimate of drug-likeness (QED) is 0.378. The molecule has 0 N–H and O–H groups in total. The molecule has 0 amide bonds. The molecule has 148 valence electrons. The Morgan fingerprint density at radius 2 is 1.82 bits per heavy atom. The van der Waals surface area contributed by atoms with Gasteiger partial charge in [-0.25, -0.2) is 4.79 Å². The number of nitrogens with zero attached hydrogens (tertiary/aromatic N) is 1. The van der Waals surface area contributed by atoms with Crippen LogP contribution in [0.2, 0.25) is 0 Å².